The molecule has 0 radical (unpaired) electrons. The zero-order valence-electron chi connectivity index (χ0n) is 10.8. The Kier molecular flexibility index (Phi) is 2.96. The van der Waals surface area contributed by atoms with Crippen LogP contribution in [0.25, 0.3) is 10.6 Å². The lowest BCUT2D eigenvalue weighted by atomic mass is 10.1. The molecule has 0 amide bonds. The summed E-state index contributed by atoms with van der Waals surface area (Å²) >= 11 is 1.73. The topological polar surface area (TPSA) is 38.9 Å². The van der Waals surface area contributed by atoms with Gasteiger partial charge in [0, 0.05) is 16.5 Å². The van der Waals surface area contributed by atoms with Gasteiger partial charge in [-0.1, -0.05) is 18.2 Å². The van der Waals surface area contributed by atoms with Crippen molar-refractivity contribution in [1.29, 1.82) is 0 Å². The van der Waals surface area contributed by atoms with Crippen LogP contribution in [-0.4, -0.2) is 4.98 Å². The molecule has 0 saturated heterocycles. The molecule has 1 atom stereocenters. The predicted molar refractivity (Wildman–Crippen MR) is 76.9 cm³/mol. The predicted octanol–water partition coefficient (Wildman–Crippen LogP) is 4.02. The minimum Gasteiger partial charge on any atom is -0.323 e. The van der Waals surface area contributed by atoms with Crippen molar-refractivity contribution in [2.75, 3.05) is 0 Å². The number of hydrogen-bond donors (Lipinski definition) is 1. The minimum absolute atomic E-state index is 0.0721. The zero-order chi connectivity index (χ0) is 12.7. The Labute approximate surface area is 112 Å². The van der Waals surface area contributed by atoms with Gasteiger partial charge in [-0.25, -0.2) is 4.98 Å². The monoisotopic (exact) mass is 258 g/mol. The summed E-state index contributed by atoms with van der Waals surface area (Å²) in [6, 6.07) is 8.89. The first-order valence-corrected chi connectivity index (χ1v) is 7.30. The molecule has 1 aliphatic carbocycles. The molecule has 1 fully saturated rings. The Bertz CT molecular complexity index is 568. The maximum atomic E-state index is 5.96. The summed E-state index contributed by atoms with van der Waals surface area (Å²) in [6.07, 6.45) is 2.68. The maximum absolute atomic E-state index is 5.96. The Morgan fingerprint density at radius 1 is 1.39 bits per heavy atom. The summed E-state index contributed by atoms with van der Waals surface area (Å²) < 4.78 is 0. The third kappa shape index (κ3) is 2.20. The van der Waals surface area contributed by atoms with E-state index in [9.17, 15) is 0 Å². The number of thiazole rings is 1. The van der Waals surface area contributed by atoms with Crippen LogP contribution in [0.15, 0.2) is 24.3 Å². The van der Waals surface area contributed by atoms with E-state index in [1.165, 1.54) is 28.8 Å². The van der Waals surface area contributed by atoms with Gasteiger partial charge in [0.1, 0.15) is 5.01 Å². The van der Waals surface area contributed by atoms with Crippen molar-refractivity contribution in [3.63, 3.8) is 0 Å². The first kappa shape index (κ1) is 11.9. The lowest BCUT2D eigenvalue weighted by Crippen LogP contribution is -2.03. The van der Waals surface area contributed by atoms with Crippen molar-refractivity contribution in [3.05, 3.63) is 40.4 Å². The smallest absolute Gasteiger partial charge is 0.123 e. The highest BCUT2D eigenvalue weighted by Crippen LogP contribution is 2.41. The summed E-state index contributed by atoms with van der Waals surface area (Å²) in [7, 11) is 0. The van der Waals surface area contributed by atoms with E-state index in [-0.39, 0.29) is 6.04 Å². The van der Waals surface area contributed by atoms with E-state index >= 15 is 0 Å². The molecular weight excluding hydrogens is 240 g/mol. The minimum atomic E-state index is 0.0721. The van der Waals surface area contributed by atoms with Gasteiger partial charge in [0.15, 0.2) is 0 Å². The van der Waals surface area contributed by atoms with Crippen LogP contribution in [0.3, 0.4) is 0 Å². The van der Waals surface area contributed by atoms with E-state index in [2.05, 4.69) is 29.2 Å². The van der Waals surface area contributed by atoms with E-state index in [4.69, 9.17) is 5.73 Å². The number of hydrogen-bond acceptors (Lipinski definition) is 3. The third-order valence-corrected chi connectivity index (χ3v) is 4.84. The molecule has 1 aliphatic rings. The Balaban J connectivity index is 1.98. The number of nitrogens with zero attached hydrogens (tertiary/aromatic N) is 1. The lowest BCUT2D eigenvalue weighted by molar-refractivity contribution is 0.825. The molecule has 1 aromatic heterocycles. The van der Waals surface area contributed by atoms with Crippen LogP contribution in [0.1, 0.15) is 47.9 Å². The molecule has 2 aromatic rings. The second-order valence-corrected chi connectivity index (χ2v) is 6.19. The number of rotatable bonds is 3. The summed E-state index contributed by atoms with van der Waals surface area (Å²) in [4.78, 5) is 5.86. The molecule has 1 unspecified atom stereocenters. The molecule has 94 valence electrons. The van der Waals surface area contributed by atoms with Gasteiger partial charge in [0.2, 0.25) is 0 Å². The number of benzene rings is 1. The van der Waals surface area contributed by atoms with Crippen molar-refractivity contribution < 1.29 is 0 Å². The van der Waals surface area contributed by atoms with E-state index in [0.29, 0.717) is 0 Å². The highest BCUT2D eigenvalue weighted by atomic mass is 32.1. The SMILES string of the molecule is Cc1nc(-c2cccc(C3CC3)c2)sc1C(C)N. The molecule has 3 heteroatoms. The maximum Gasteiger partial charge on any atom is 0.123 e. The largest absolute Gasteiger partial charge is 0.323 e. The van der Waals surface area contributed by atoms with Crippen LogP contribution in [0.2, 0.25) is 0 Å². The summed E-state index contributed by atoms with van der Waals surface area (Å²) in [6.45, 7) is 4.06. The van der Waals surface area contributed by atoms with Gasteiger partial charge in [-0.3, -0.25) is 0 Å². The summed E-state index contributed by atoms with van der Waals surface area (Å²) in [5.41, 5.74) is 9.73. The second-order valence-electron chi connectivity index (χ2n) is 5.16. The number of aromatic nitrogens is 1. The fourth-order valence-corrected chi connectivity index (χ4v) is 3.31. The molecule has 0 spiro atoms. The Morgan fingerprint density at radius 2 is 2.17 bits per heavy atom. The van der Waals surface area contributed by atoms with Gasteiger partial charge in [-0.05, 0) is 44.2 Å². The molecule has 2 nitrogen and oxygen atoms in total. The standard InChI is InChI=1S/C15H18N2S/c1-9(16)14-10(2)17-15(18-14)13-5-3-4-12(8-13)11-6-7-11/h3-5,8-9,11H,6-7,16H2,1-2H3. The van der Waals surface area contributed by atoms with E-state index in [1.807, 2.05) is 13.8 Å². The molecule has 3 rings (SSSR count). The van der Waals surface area contributed by atoms with E-state index in [0.717, 1.165) is 16.6 Å². The van der Waals surface area contributed by atoms with Crippen LogP contribution in [0, 0.1) is 6.92 Å². The number of aryl methyl sites for hydroxylation is 1. The normalized spacial score (nSPS) is 16.8. The van der Waals surface area contributed by atoms with Crippen molar-refractivity contribution >= 4 is 11.3 Å². The van der Waals surface area contributed by atoms with Crippen LogP contribution in [-0.2, 0) is 0 Å². The van der Waals surface area contributed by atoms with E-state index in [1.54, 1.807) is 11.3 Å². The zero-order valence-corrected chi connectivity index (χ0v) is 11.6. The van der Waals surface area contributed by atoms with Gasteiger partial charge in [-0.15, -0.1) is 11.3 Å². The summed E-state index contributed by atoms with van der Waals surface area (Å²) in [5, 5.41) is 1.10. The first-order valence-electron chi connectivity index (χ1n) is 6.48. The molecule has 1 aromatic carbocycles. The Morgan fingerprint density at radius 3 is 2.78 bits per heavy atom. The molecule has 1 saturated carbocycles. The van der Waals surface area contributed by atoms with Gasteiger partial charge in [0.05, 0.1) is 5.69 Å². The number of nitrogens with two attached hydrogens (primary N) is 1. The molecule has 0 bridgehead atoms. The average Bonchev–Trinajstić information content (AvgIpc) is 3.12. The molecule has 0 aliphatic heterocycles. The van der Waals surface area contributed by atoms with Gasteiger partial charge in [-0.2, -0.15) is 0 Å². The molecule has 18 heavy (non-hydrogen) atoms. The first-order chi connectivity index (χ1) is 8.65. The average molecular weight is 258 g/mol. The fraction of sp³-hybridized carbons (Fsp3) is 0.400. The quantitative estimate of drug-likeness (QED) is 0.903. The van der Waals surface area contributed by atoms with Gasteiger partial charge in [0.25, 0.3) is 0 Å². The van der Waals surface area contributed by atoms with Gasteiger partial charge >= 0.3 is 0 Å². The van der Waals surface area contributed by atoms with Gasteiger partial charge < -0.3 is 5.73 Å². The fourth-order valence-electron chi connectivity index (χ4n) is 2.30. The lowest BCUT2D eigenvalue weighted by Gasteiger charge is -2.01. The molecular formula is C15H18N2S. The second kappa shape index (κ2) is 4.48. The highest BCUT2D eigenvalue weighted by molar-refractivity contribution is 7.15. The van der Waals surface area contributed by atoms with Crippen LogP contribution < -0.4 is 5.73 Å². The van der Waals surface area contributed by atoms with Crippen LogP contribution in [0.5, 0.6) is 0 Å². The van der Waals surface area contributed by atoms with Crippen molar-refractivity contribution in [1.82, 2.24) is 4.98 Å². The third-order valence-electron chi connectivity index (χ3n) is 3.43. The van der Waals surface area contributed by atoms with Crippen molar-refractivity contribution in [2.45, 2.75) is 38.6 Å². The van der Waals surface area contributed by atoms with Crippen molar-refractivity contribution in [3.8, 4) is 10.6 Å². The van der Waals surface area contributed by atoms with E-state index < -0.39 is 0 Å². The highest BCUT2D eigenvalue weighted by Gasteiger charge is 2.23. The molecule has 1 heterocycles. The van der Waals surface area contributed by atoms with Crippen molar-refractivity contribution in [2.24, 2.45) is 5.73 Å². The van der Waals surface area contributed by atoms with Crippen LogP contribution in [0.4, 0.5) is 0 Å². The van der Waals surface area contributed by atoms with Crippen LogP contribution >= 0.6 is 11.3 Å². The summed E-state index contributed by atoms with van der Waals surface area (Å²) in [5.74, 6) is 0.791. The Hall–Kier alpha value is -1.19. The molecule has 2 N–H and O–H groups in total.